The van der Waals surface area contributed by atoms with Crippen LogP contribution in [0.3, 0.4) is 0 Å². The van der Waals surface area contributed by atoms with E-state index in [9.17, 15) is 9.59 Å². The normalized spacial score (nSPS) is 14.9. The standard InChI is InChI=1S/C22H22N2O4S2/c1-3-4-13-28-18-9-5-15(6-10-18)14-19-21(26)24(22(29)30-19)23-20(25)16-7-11-17(27-2)12-8-16/h5-12,14H,3-4,13H2,1-2H3,(H,23,25)/b19-14+. The first kappa shape index (κ1) is 21.9. The lowest BCUT2D eigenvalue weighted by atomic mass is 10.2. The summed E-state index contributed by atoms with van der Waals surface area (Å²) in [5.41, 5.74) is 3.81. The van der Waals surface area contributed by atoms with Gasteiger partial charge in [0, 0.05) is 5.56 Å². The Morgan fingerprint density at radius 1 is 1.13 bits per heavy atom. The Kier molecular flexibility index (Phi) is 7.48. The Balaban J connectivity index is 1.65. The lowest BCUT2D eigenvalue weighted by molar-refractivity contribution is -0.123. The largest absolute Gasteiger partial charge is 0.497 e. The van der Waals surface area contributed by atoms with Gasteiger partial charge in [-0.2, -0.15) is 5.01 Å². The molecule has 0 aromatic heterocycles. The maximum absolute atomic E-state index is 12.7. The molecule has 1 fully saturated rings. The topological polar surface area (TPSA) is 67.9 Å². The molecule has 1 N–H and O–H groups in total. The van der Waals surface area contributed by atoms with Crippen LogP contribution in [0.25, 0.3) is 6.08 Å². The molecule has 8 heteroatoms. The highest BCUT2D eigenvalue weighted by atomic mass is 32.2. The molecule has 6 nitrogen and oxygen atoms in total. The number of nitrogens with zero attached hydrogens (tertiary/aromatic N) is 1. The SMILES string of the molecule is CCCCOc1ccc(/C=C2/SC(=S)N(NC(=O)c3ccc(OC)cc3)C2=O)cc1. The zero-order valence-corrected chi connectivity index (χ0v) is 18.3. The summed E-state index contributed by atoms with van der Waals surface area (Å²) in [5.74, 6) is 0.640. The summed E-state index contributed by atoms with van der Waals surface area (Å²) in [5, 5.41) is 1.10. The van der Waals surface area contributed by atoms with Gasteiger partial charge in [0.1, 0.15) is 11.5 Å². The Morgan fingerprint density at radius 3 is 2.43 bits per heavy atom. The van der Waals surface area contributed by atoms with E-state index in [4.69, 9.17) is 21.7 Å². The predicted molar refractivity (Wildman–Crippen MR) is 122 cm³/mol. The van der Waals surface area contributed by atoms with Crippen LogP contribution in [-0.2, 0) is 4.79 Å². The first-order valence-corrected chi connectivity index (χ1v) is 10.7. The number of thiocarbonyl (C=S) groups is 1. The minimum Gasteiger partial charge on any atom is -0.497 e. The van der Waals surface area contributed by atoms with E-state index in [0.29, 0.717) is 22.8 Å². The summed E-state index contributed by atoms with van der Waals surface area (Å²) < 4.78 is 11.0. The van der Waals surface area contributed by atoms with Crippen molar-refractivity contribution in [1.29, 1.82) is 0 Å². The molecule has 1 saturated heterocycles. The Hall–Kier alpha value is -2.84. The number of unbranched alkanes of at least 4 members (excludes halogenated alkanes) is 1. The second-order valence-corrected chi connectivity index (χ2v) is 8.13. The molecule has 0 bridgehead atoms. The van der Waals surface area contributed by atoms with Crippen LogP contribution >= 0.6 is 24.0 Å². The summed E-state index contributed by atoms with van der Waals surface area (Å²) in [6, 6.07) is 14.1. The van der Waals surface area contributed by atoms with E-state index in [1.807, 2.05) is 24.3 Å². The predicted octanol–water partition coefficient (Wildman–Crippen LogP) is 4.42. The van der Waals surface area contributed by atoms with Crippen LogP contribution in [0.4, 0.5) is 0 Å². The van der Waals surface area contributed by atoms with Crippen molar-refractivity contribution in [1.82, 2.24) is 10.4 Å². The molecule has 156 valence electrons. The Morgan fingerprint density at radius 2 is 1.80 bits per heavy atom. The molecule has 3 rings (SSSR count). The van der Waals surface area contributed by atoms with Crippen LogP contribution < -0.4 is 14.9 Å². The fourth-order valence-electron chi connectivity index (χ4n) is 2.62. The number of hydrogen-bond donors (Lipinski definition) is 1. The van der Waals surface area contributed by atoms with E-state index in [-0.39, 0.29) is 10.2 Å². The molecular formula is C22H22N2O4S2. The lowest BCUT2D eigenvalue weighted by Crippen LogP contribution is -2.44. The van der Waals surface area contributed by atoms with Gasteiger partial charge in [0.2, 0.25) is 0 Å². The first-order valence-electron chi connectivity index (χ1n) is 9.47. The van der Waals surface area contributed by atoms with Gasteiger partial charge < -0.3 is 9.47 Å². The van der Waals surface area contributed by atoms with Crippen molar-refractivity contribution in [3.05, 3.63) is 64.6 Å². The van der Waals surface area contributed by atoms with Gasteiger partial charge in [0.05, 0.1) is 18.6 Å². The van der Waals surface area contributed by atoms with Crippen molar-refractivity contribution in [2.24, 2.45) is 0 Å². The molecule has 2 amide bonds. The number of nitrogens with one attached hydrogen (secondary N) is 1. The molecule has 0 unspecified atom stereocenters. The van der Waals surface area contributed by atoms with Crippen LogP contribution in [0.15, 0.2) is 53.4 Å². The molecule has 0 saturated carbocycles. The molecule has 0 aliphatic carbocycles. The molecule has 1 aliphatic rings. The molecule has 0 atom stereocenters. The first-order chi connectivity index (χ1) is 14.5. The molecule has 1 heterocycles. The molecule has 2 aromatic rings. The van der Waals surface area contributed by atoms with Gasteiger partial charge >= 0.3 is 0 Å². The van der Waals surface area contributed by atoms with Crippen LogP contribution in [0.5, 0.6) is 11.5 Å². The maximum atomic E-state index is 12.7. The smallest absolute Gasteiger partial charge is 0.285 e. The number of methoxy groups -OCH3 is 1. The van der Waals surface area contributed by atoms with Gasteiger partial charge in [-0.1, -0.05) is 37.2 Å². The molecule has 1 aliphatic heterocycles. The van der Waals surface area contributed by atoms with Crippen LogP contribution in [0.1, 0.15) is 35.7 Å². The molecule has 2 aromatic carbocycles. The van der Waals surface area contributed by atoms with Crippen molar-refractivity contribution < 1.29 is 19.1 Å². The molecular weight excluding hydrogens is 420 g/mol. The zero-order valence-electron chi connectivity index (χ0n) is 16.7. The minimum atomic E-state index is -0.427. The maximum Gasteiger partial charge on any atom is 0.285 e. The van der Waals surface area contributed by atoms with Crippen molar-refractivity contribution in [2.45, 2.75) is 19.8 Å². The summed E-state index contributed by atoms with van der Waals surface area (Å²) in [7, 11) is 1.55. The van der Waals surface area contributed by atoms with E-state index in [1.165, 1.54) is 0 Å². The highest BCUT2D eigenvalue weighted by Crippen LogP contribution is 2.31. The number of hydrazine groups is 1. The monoisotopic (exact) mass is 442 g/mol. The van der Waals surface area contributed by atoms with E-state index in [2.05, 4.69) is 12.3 Å². The second kappa shape index (κ2) is 10.3. The fourth-order valence-corrected chi connectivity index (χ4v) is 3.80. The number of rotatable bonds is 8. The molecule has 0 radical (unpaired) electrons. The highest BCUT2D eigenvalue weighted by molar-refractivity contribution is 8.26. The number of benzene rings is 2. The van der Waals surface area contributed by atoms with E-state index >= 15 is 0 Å². The number of carbonyl (C=O) groups is 2. The van der Waals surface area contributed by atoms with Gasteiger partial charge in [-0.25, -0.2) is 0 Å². The van der Waals surface area contributed by atoms with Gasteiger partial charge in [-0.15, -0.1) is 0 Å². The second-order valence-electron chi connectivity index (χ2n) is 6.46. The molecule has 30 heavy (non-hydrogen) atoms. The summed E-state index contributed by atoms with van der Waals surface area (Å²) >= 11 is 6.42. The molecule has 0 spiro atoms. The van der Waals surface area contributed by atoms with E-state index in [1.54, 1.807) is 37.5 Å². The number of thioether (sulfide) groups is 1. The van der Waals surface area contributed by atoms with Crippen LogP contribution in [0.2, 0.25) is 0 Å². The van der Waals surface area contributed by atoms with Gasteiger partial charge in [-0.05, 0) is 66.7 Å². The number of ether oxygens (including phenoxy) is 2. The number of amides is 2. The summed E-state index contributed by atoms with van der Waals surface area (Å²) in [6.45, 7) is 2.80. The average molecular weight is 443 g/mol. The minimum absolute atomic E-state index is 0.271. The Labute approximate surface area is 185 Å². The number of hydrogen-bond acceptors (Lipinski definition) is 6. The summed E-state index contributed by atoms with van der Waals surface area (Å²) in [4.78, 5) is 25.6. The van der Waals surface area contributed by atoms with Gasteiger partial charge in [0.15, 0.2) is 4.32 Å². The fraction of sp³-hybridized carbons (Fsp3) is 0.227. The van der Waals surface area contributed by atoms with Gasteiger partial charge in [0.25, 0.3) is 11.8 Å². The van der Waals surface area contributed by atoms with E-state index < -0.39 is 5.91 Å². The quantitative estimate of drug-likeness (QED) is 0.371. The van der Waals surface area contributed by atoms with Crippen molar-refractivity contribution in [2.75, 3.05) is 13.7 Å². The number of carbonyl (C=O) groups excluding carboxylic acids is 2. The third kappa shape index (κ3) is 5.40. The van der Waals surface area contributed by atoms with Crippen molar-refractivity contribution in [3.63, 3.8) is 0 Å². The zero-order chi connectivity index (χ0) is 21.5. The van der Waals surface area contributed by atoms with Crippen LogP contribution in [0, 0.1) is 0 Å². The van der Waals surface area contributed by atoms with E-state index in [0.717, 1.165) is 40.9 Å². The van der Waals surface area contributed by atoms with Crippen molar-refractivity contribution in [3.8, 4) is 11.5 Å². The third-order valence-corrected chi connectivity index (χ3v) is 5.61. The van der Waals surface area contributed by atoms with Gasteiger partial charge in [-0.3, -0.25) is 15.0 Å². The third-order valence-electron chi connectivity index (χ3n) is 4.30. The Bertz CT molecular complexity index is 956. The highest BCUT2D eigenvalue weighted by Gasteiger charge is 2.33. The lowest BCUT2D eigenvalue weighted by Gasteiger charge is -2.15. The summed E-state index contributed by atoms with van der Waals surface area (Å²) in [6.07, 6.45) is 3.83. The van der Waals surface area contributed by atoms with Crippen molar-refractivity contribution >= 4 is 46.2 Å². The van der Waals surface area contributed by atoms with Crippen LogP contribution in [-0.4, -0.2) is 34.9 Å². The average Bonchev–Trinajstić information content (AvgIpc) is 3.02.